The average Bonchev–Trinajstić information content (AvgIpc) is 3.40. The van der Waals surface area contributed by atoms with Crippen molar-refractivity contribution >= 4 is 21.7 Å². The molecule has 0 spiro atoms. The summed E-state index contributed by atoms with van der Waals surface area (Å²) in [7, 11) is -3.72. The van der Waals surface area contributed by atoms with Crippen molar-refractivity contribution in [2.45, 2.75) is 30.9 Å². The van der Waals surface area contributed by atoms with Gasteiger partial charge in [0, 0.05) is 19.2 Å². The lowest BCUT2D eigenvalue weighted by Gasteiger charge is -2.24. The van der Waals surface area contributed by atoms with Gasteiger partial charge < -0.3 is 9.73 Å². The number of furan rings is 1. The molecule has 29 heavy (non-hydrogen) atoms. The fourth-order valence-corrected chi connectivity index (χ4v) is 4.74. The standard InChI is InChI=1S/C20H22N4O4S/c25-20(22-18-11-12-21-24(18)15-16-7-3-1-4-8-16)17-9-10-19(28-17)29(26,27)23-13-5-2-6-14-23/h1,3-4,7-12H,2,5-6,13-15H2,(H,22,25). The summed E-state index contributed by atoms with van der Waals surface area (Å²) in [6.45, 7) is 1.45. The van der Waals surface area contributed by atoms with Crippen molar-refractivity contribution in [2.24, 2.45) is 0 Å². The van der Waals surface area contributed by atoms with Crippen LogP contribution in [0.4, 0.5) is 5.82 Å². The van der Waals surface area contributed by atoms with Gasteiger partial charge in [-0.1, -0.05) is 36.8 Å². The van der Waals surface area contributed by atoms with Crippen LogP contribution in [0.15, 0.2) is 64.2 Å². The largest absolute Gasteiger partial charge is 0.438 e. The number of carbonyl (C=O) groups is 1. The molecule has 0 aliphatic carbocycles. The maximum absolute atomic E-state index is 12.7. The van der Waals surface area contributed by atoms with Crippen molar-refractivity contribution in [1.29, 1.82) is 0 Å². The van der Waals surface area contributed by atoms with Crippen molar-refractivity contribution < 1.29 is 17.6 Å². The van der Waals surface area contributed by atoms with Crippen LogP contribution < -0.4 is 5.32 Å². The molecule has 1 saturated heterocycles. The summed E-state index contributed by atoms with van der Waals surface area (Å²) in [6.07, 6.45) is 4.28. The number of benzene rings is 1. The highest BCUT2D eigenvalue weighted by atomic mass is 32.2. The average molecular weight is 414 g/mol. The van der Waals surface area contributed by atoms with E-state index in [2.05, 4.69) is 10.4 Å². The first kappa shape index (κ1) is 19.4. The smallest absolute Gasteiger partial charge is 0.292 e. The van der Waals surface area contributed by atoms with Crippen LogP contribution in [0.2, 0.25) is 0 Å². The zero-order chi connectivity index (χ0) is 20.3. The van der Waals surface area contributed by atoms with Crippen LogP contribution in [0.1, 0.15) is 35.4 Å². The first-order valence-corrected chi connectivity index (χ1v) is 10.9. The Hall–Kier alpha value is -2.91. The molecule has 1 aromatic carbocycles. The highest BCUT2D eigenvalue weighted by Crippen LogP contribution is 2.23. The number of aromatic nitrogens is 2. The van der Waals surface area contributed by atoms with Gasteiger partial charge in [-0.2, -0.15) is 9.40 Å². The van der Waals surface area contributed by atoms with E-state index in [-0.39, 0.29) is 10.9 Å². The predicted molar refractivity (Wildman–Crippen MR) is 107 cm³/mol. The Kier molecular flexibility index (Phi) is 5.50. The third kappa shape index (κ3) is 4.25. The van der Waals surface area contributed by atoms with E-state index < -0.39 is 15.9 Å². The number of hydrogen-bond donors (Lipinski definition) is 1. The predicted octanol–water partition coefficient (Wildman–Crippen LogP) is 2.95. The van der Waals surface area contributed by atoms with Gasteiger partial charge in [-0.25, -0.2) is 13.1 Å². The molecule has 0 saturated carbocycles. The van der Waals surface area contributed by atoms with Gasteiger partial charge in [0.25, 0.3) is 15.9 Å². The highest BCUT2D eigenvalue weighted by Gasteiger charge is 2.29. The summed E-state index contributed by atoms with van der Waals surface area (Å²) in [5.41, 5.74) is 1.04. The monoisotopic (exact) mass is 414 g/mol. The Labute approximate surface area is 169 Å². The molecular formula is C20H22N4O4S. The SMILES string of the molecule is O=C(Nc1ccnn1Cc1ccccc1)c1ccc(S(=O)(=O)N2CCCCC2)o1. The summed E-state index contributed by atoms with van der Waals surface area (Å²) < 4.78 is 33.8. The van der Waals surface area contributed by atoms with E-state index in [9.17, 15) is 13.2 Å². The molecule has 4 rings (SSSR count). The Bertz CT molecular complexity index is 1080. The second-order valence-corrected chi connectivity index (χ2v) is 8.77. The zero-order valence-corrected chi connectivity index (χ0v) is 16.6. The van der Waals surface area contributed by atoms with Crippen molar-refractivity contribution in [3.8, 4) is 0 Å². The Morgan fingerprint density at radius 1 is 1.03 bits per heavy atom. The number of hydrogen-bond acceptors (Lipinski definition) is 5. The number of nitrogens with one attached hydrogen (secondary N) is 1. The Morgan fingerprint density at radius 2 is 1.79 bits per heavy atom. The minimum absolute atomic E-state index is 0.0620. The van der Waals surface area contributed by atoms with Gasteiger partial charge in [0.15, 0.2) is 5.76 Å². The maximum atomic E-state index is 12.7. The van der Waals surface area contributed by atoms with Gasteiger partial charge in [0.05, 0.1) is 12.7 Å². The van der Waals surface area contributed by atoms with E-state index in [0.29, 0.717) is 25.5 Å². The number of anilines is 1. The molecule has 1 aliphatic rings. The van der Waals surface area contributed by atoms with Gasteiger partial charge in [-0.15, -0.1) is 0 Å². The zero-order valence-electron chi connectivity index (χ0n) is 15.8. The van der Waals surface area contributed by atoms with Crippen LogP contribution in [0.25, 0.3) is 0 Å². The molecule has 152 valence electrons. The minimum atomic E-state index is -3.72. The number of piperidine rings is 1. The molecule has 1 N–H and O–H groups in total. The number of carbonyl (C=O) groups excluding carboxylic acids is 1. The van der Waals surface area contributed by atoms with E-state index in [1.54, 1.807) is 16.9 Å². The molecule has 0 atom stereocenters. The molecule has 3 heterocycles. The molecule has 9 heteroatoms. The van der Waals surface area contributed by atoms with Crippen molar-refractivity contribution in [3.63, 3.8) is 0 Å². The molecular weight excluding hydrogens is 392 g/mol. The number of sulfonamides is 1. The molecule has 1 fully saturated rings. The second-order valence-electron chi connectivity index (χ2n) is 6.90. The van der Waals surface area contributed by atoms with Gasteiger partial charge in [0.2, 0.25) is 5.09 Å². The molecule has 1 aliphatic heterocycles. The van der Waals surface area contributed by atoms with Crippen molar-refractivity contribution in [1.82, 2.24) is 14.1 Å². The third-order valence-corrected chi connectivity index (χ3v) is 6.62. The van der Waals surface area contributed by atoms with Gasteiger partial charge in [-0.05, 0) is 30.5 Å². The fourth-order valence-electron chi connectivity index (χ4n) is 3.31. The molecule has 8 nitrogen and oxygen atoms in total. The second kappa shape index (κ2) is 8.22. The summed E-state index contributed by atoms with van der Waals surface area (Å²) in [6, 6.07) is 14.1. The van der Waals surface area contributed by atoms with Crippen LogP contribution in [-0.4, -0.2) is 41.5 Å². The topological polar surface area (TPSA) is 97.4 Å². The molecule has 2 aromatic heterocycles. The van der Waals surface area contributed by atoms with Gasteiger partial charge >= 0.3 is 0 Å². The molecule has 1 amide bonds. The fraction of sp³-hybridized carbons (Fsp3) is 0.300. The Balaban J connectivity index is 1.47. The minimum Gasteiger partial charge on any atom is -0.438 e. The molecule has 3 aromatic rings. The summed E-state index contributed by atoms with van der Waals surface area (Å²) >= 11 is 0. The van der Waals surface area contributed by atoms with E-state index >= 15 is 0 Å². The molecule has 0 bridgehead atoms. The van der Waals surface area contributed by atoms with E-state index in [1.165, 1.54) is 16.4 Å². The van der Waals surface area contributed by atoms with Crippen LogP contribution in [0.3, 0.4) is 0 Å². The summed E-state index contributed by atoms with van der Waals surface area (Å²) in [5.74, 6) is -0.0938. The molecule has 0 radical (unpaired) electrons. The first-order chi connectivity index (χ1) is 14.0. The number of nitrogens with zero attached hydrogens (tertiary/aromatic N) is 3. The summed E-state index contributed by atoms with van der Waals surface area (Å²) in [4.78, 5) is 12.6. The van der Waals surface area contributed by atoms with E-state index in [0.717, 1.165) is 24.8 Å². The molecule has 0 unspecified atom stereocenters. The van der Waals surface area contributed by atoms with Gasteiger partial charge in [0.1, 0.15) is 5.82 Å². The number of amides is 1. The van der Waals surface area contributed by atoms with Crippen LogP contribution in [0, 0.1) is 0 Å². The number of rotatable bonds is 6. The van der Waals surface area contributed by atoms with E-state index in [1.807, 2.05) is 30.3 Å². The van der Waals surface area contributed by atoms with Gasteiger partial charge in [-0.3, -0.25) is 4.79 Å². The quantitative estimate of drug-likeness (QED) is 0.669. The lowest BCUT2D eigenvalue weighted by molar-refractivity contribution is 0.0990. The van der Waals surface area contributed by atoms with Crippen molar-refractivity contribution in [2.75, 3.05) is 18.4 Å². The van der Waals surface area contributed by atoms with Crippen LogP contribution >= 0.6 is 0 Å². The van der Waals surface area contributed by atoms with Crippen LogP contribution in [0.5, 0.6) is 0 Å². The highest BCUT2D eigenvalue weighted by molar-refractivity contribution is 7.89. The van der Waals surface area contributed by atoms with Crippen molar-refractivity contribution in [3.05, 3.63) is 66.1 Å². The lowest BCUT2D eigenvalue weighted by atomic mass is 10.2. The normalized spacial score (nSPS) is 15.3. The summed E-state index contributed by atoms with van der Waals surface area (Å²) in [5, 5.41) is 6.76. The first-order valence-electron chi connectivity index (χ1n) is 9.51. The lowest BCUT2D eigenvalue weighted by Crippen LogP contribution is -2.35. The third-order valence-electron chi connectivity index (χ3n) is 4.85. The van der Waals surface area contributed by atoms with E-state index in [4.69, 9.17) is 4.42 Å². The van der Waals surface area contributed by atoms with Crippen LogP contribution in [-0.2, 0) is 16.6 Å². The maximum Gasteiger partial charge on any atom is 0.292 e. The Morgan fingerprint density at radius 3 is 2.55 bits per heavy atom.